The van der Waals surface area contributed by atoms with Crippen molar-refractivity contribution < 1.29 is 28.8 Å². The van der Waals surface area contributed by atoms with Crippen molar-refractivity contribution in [1.29, 1.82) is 0 Å². The van der Waals surface area contributed by atoms with Crippen LogP contribution in [0.1, 0.15) is 102 Å². The highest BCUT2D eigenvalue weighted by Gasteiger charge is 2.43. The van der Waals surface area contributed by atoms with Gasteiger partial charge in [0.05, 0.1) is 12.2 Å². The second-order valence-corrected chi connectivity index (χ2v) is 16.0. The molecule has 292 valence electrons. The van der Waals surface area contributed by atoms with Gasteiger partial charge in [0, 0.05) is 44.6 Å². The number of rotatable bonds is 15. The molecule has 0 unspecified atom stereocenters. The predicted octanol–water partition coefficient (Wildman–Crippen LogP) is 2.53. The first-order valence-corrected chi connectivity index (χ1v) is 19.4. The molecule has 0 bridgehead atoms. The van der Waals surface area contributed by atoms with Crippen LogP contribution in [0.3, 0.4) is 0 Å². The molecule has 1 aromatic heterocycles. The molecular weight excluding hydrogens is 688 g/mol. The van der Waals surface area contributed by atoms with Gasteiger partial charge in [-0.15, -0.1) is 0 Å². The molecule has 0 spiro atoms. The number of carbonyl (C=O) groups is 6. The zero-order valence-electron chi connectivity index (χ0n) is 32.0. The first kappa shape index (κ1) is 40.5. The lowest BCUT2D eigenvalue weighted by Gasteiger charge is -2.43. The van der Waals surface area contributed by atoms with Crippen LogP contribution >= 0.6 is 0 Å². The fourth-order valence-electron chi connectivity index (χ4n) is 7.30. The molecule has 1 aromatic carbocycles. The molecular formula is C40H56N8O6. The van der Waals surface area contributed by atoms with Crippen molar-refractivity contribution in [3.63, 3.8) is 0 Å². The van der Waals surface area contributed by atoms with Crippen molar-refractivity contribution in [1.82, 2.24) is 41.0 Å². The highest BCUT2D eigenvalue weighted by molar-refractivity contribution is 6.38. The van der Waals surface area contributed by atoms with Crippen LogP contribution < -0.4 is 21.3 Å². The molecule has 5 rings (SSSR count). The van der Waals surface area contributed by atoms with Gasteiger partial charge < -0.3 is 26.2 Å². The zero-order chi connectivity index (χ0) is 38.8. The number of carbonyl (C=O) groups excluding carboxylic acids is 6. The maximum atomic E-state index is 14.5. The second kappa shape index (κ2) is 18.5. The minimum Gasteiger partial charge on any atom is -0.347 e. The van der Waals surface area contributed by atoms with E-state index < -0.39 is 59.0 Å². The molecule has 2 aromatic rings. The molecule has 1 saturated heterocycles. The molecule has 14 nitrogen and oxygen atoms in total. The highest BCUT2D eigenvalue weighted by Crippen LogP contribution is 2.29. The number of piperazine rings is 1. The van der Waals surface area contributed by atoms with Crippen LogP contribution in [-0.4, -0.2) is 105 Å². The number of aromatic nitrogens is 2. The minimum absolute atomic E-state index is 0.00217. The van der Waals surface area contributed by atoms with Crippen LogP contribution in [0, 0.1) is 11.3 Å². The first-order valence-electron chi connectivity index (χ1n) is 19.4. The van der Waals surface area contributed by atoms with Gasteiger partial charge in [-0.3, -0.25) is 38.7 Å². The van der Waals surface area contributed by atoms with Gasteiger partial charge in [0.2, 0.25) is 23.5 Å². The molecule has 2 saturated carbocycles. The lowest BCUT2D eigenvalue weighted by atomic mass is 9.82. The average molecular weight is 745 g/mol. The summed E-state index contributed by atoms with van der Waals surface area (Å²) < 4.78 is 0. The number of hydrogen-bond acceptors (Lipinski definition) is 9. The third-order valence-electron chi connectivity index (χ3n) is 10.6. The van der Waals surface area contributed by atoms with Gasteiger partial charge in [-0.05, 0) is 49.0 Å². The number of amides is 5. The zero-order valence-corrected chi connectivity index (χ0v) is 32.0. The van der Waals surface area contributed by atoms with E-state index in [0.29, 0.717) is 32.5 Å². The predicted molar refractivity (Wildman–Crippen MR) is 201 cm³/mol. The van der Waals surface area contributed by atoms with Crippen LogP contribution in [0.5, 0.6) is 0 Å². The second-order valence-electron chi connectivity index (χ2n) is 16.0. The van der Waals surface area contributed by atoms with Crippen LogP contribution in [0.2, 0.25) is 0 Å². The van der Waals surface area contributed by atoms with Gasteiger partial charge in [0.15, 0.2) is 0 Å². The Balaban J connectivity index is 1.35. The van der Waals surface area contributed by atoms with E-state index in [1.807, 2.05) is 62.9 Å². The molecule has 5 amide bonds. The molecule has 1 aliphatic heterocycles. The van der Waals surface area contributed by atoms with Crippen LogP contribution in [0.25, 0.3) is 0 Å². The number of hydrogen-bond donors (Lipinski definition) is 4. The van der Waals surface area contributed by atoms with Gasteiger partial charge in [-0.2, -0.15) is 0 Å². The fraction of sp³-hybridized carbons (Fsp3) is 0.600. The average Bonchev–Trinajstić information content (AvgIpc) is 3.99. The van der Waals surface area contributed by atoms with Crippen molar-refractivity contribution in [2.24, 2.45) is 11.3 Å². The van der Waals surface area contributed by atoms with Crippen LogP contribution in [-0.2, 0) is 30.5 Å². The summed E-state index contributed by atoms with van der Waals surface area (Å²) in [6.07, 6.45) is 11.2. The summed E-state index contributed by atoms with van der Waals surface area (Å²) in [5.41, 5.74) is 0.349. The fourth-order valence-corrected chi connectivity index (χ4v) is 7.30. The van der Waals surface area contributed by atoms with E-state index >= 15 is 0 Å². The van der Waals surface area contributed by atoms with E-state index in [9.17, 15) is 28.8 Å². The summed E-state index contributed by atoms with van der Waals surface area (Å²) in [5, 5.41) is 11.5. The Morgan fingerprint density at radius 1 is 0.889 bits per heavy atom. The number of Topliss-reactive ketones (excluding diaryl/α,β-unsaturated/α-hetero) is 1. The summed E-state index contributed by atoms with van der Waals surface area (Å²) in [4.78, 5) is 93.7. The van der Waals surface area contributed by atoms with Crippen LogP contribution in [0.15, 0.2) is 48.9 Å². The van der Waals surface area contributed by atoms with Gasteiger partial charge in [0.1, 0.15) is 23.8 Å². The Bertz CT molecular complexity index is 1620. The molecule has 3 fully saturated rings. The van der Waals surface area contributed by atoms with E-state index in [1.54, 1.807) is 4.90 Å². The van der Waals surface area contributed by atoms with Gasteiger partial charge in [-0.1, -0.05) is 83.7 Å². The van der Waals surface area contributed by atoms with Gasteiger partial charge in [0.25, 0.3) is 11.8 Å². The Hall–Kier alpha value is -4.72. The topological polar surface area (TPSA) is 183 Å². The molecule has 14 heteroatoms. The molecule has 3 aliphatic rings. The van der Waals surface area contributed by atoms with Crippen LogP contribution in [0.4, 0.5) is 0 Å². The standard InChI is InChI=1S/C40H56N8O6/c1-5-12-29(33(49)38(53)43-28-17-18-28)44-36(51)31-25-48(22-21-47(31)24-26-13-8-6-9-14-26)39(54)34(40(2,3)4)46-37(52)32(27-15-10-7-11-16-27)45-35(50)30-23-41-19-20-42-30/h6,8-9,13-14,19-20,23,27-29,31-32,34H,5,7,10-12,15-18,21-22,24-25H2,1-4H3,(H,43,53)(H,44,51)(H,45,50)(H,46,52)/t29-,31+,32-,34+/m0/s1. The van der Waals surface area contributed by atoms with E-state index in [-0.39, 0.29) is 30.1 Å². The summed E-state index contributed by atoms with van der Waals surface area (Å²) in [6.45, 7) is 8.59. The number of nitrogens with zero attached hydrogens (tertiary/aromatic N) is 4. The molecule has 54 heavy (non-hydrogen) atoms. The van der Waals surface area contributed by atoms with Crippen molar-refractivity contribution in [2.75, 3.05) is 19.6 Å². The van der Waals surface area contributed by atoms with Crippen molar-refractivity contribution >= 4 is 35.3 Å². The van der Waals surface area contributed by atoms with Gasteiger partial charge >= 0.3 is 0 Å². The SMILES string of the molecule is CCC[C@H](NC(=O)[C@H]1CN(C(=O)[C@@H](NC(=O)[C@@H](NC(=O)c2cnccn2)C2CCCCC2)C(C)(C)C)CCN1Cc1ccccc1)C(=O)C(=O)NC1CC1. The summed E-state index contributed by atoms with van der Waals surface area (Å²) in [6, 6.07) is 6.00. The third kappa shape index (κ3) is 10.9. The number of nitrogens with one attached hydrogen (secondary N) is 4. The molecule has 2 aliphatic carbocycles. The van der Waals surface area contributed by atoms with E-state index in [1.165, 1.54) is 18.6 Å². The Labute approximate surface area is 318 Å². The Morgan fingerprint density at radius 3 is 2.24 bits per heavy atom. The molecule has 4 N–H and O–H groups in total. The number of benzene rings is 1. The van der Waals surface area contributed by atoms with Crippen molar-refractivity contribution in [3.8, 4) is 0 Å². The summed E-state index contributed by atoms with van der Waals surface area (Å²) >= 11 is 0. The first-order chi connectivity index (χ1) is 25.8. The van der Waals surface area contributed by atoms with Crippen molar-refractivity contribution in [2.45, 2.75) is 122 Å². The number of ketones is 1. The monoisotopic (exact) mass is 744 g/mol. The van der Waals surface area contributed by atoms with E-state index in [4.69, 9.17) is 0 Å². The summed E-state index contributed by atoms with van der Waals surface area (Å²) in [5.74, 6) is -3.24. The van der Waals surface area contributed by atoms with E-state index in [0.717, 1.165) is 50.5 Å². The maximum absolute atomic E-state index is 14.5. The molecule has 4 atom stereocenters. The minimum atomic E-state index is -0.999. The highest BCUT2D eigenvalue weighted by atomic mass is 16.2. The third-order valence-corrected chi connectivity index (χ3v) is 10.6. The lowest BCUT2D eigenvalue weighted by molar-refractivity contribution is -0.146. The lowest BCUT2D eigenvalue weighted by Crippen LogP contribution is -2.65. The van der Waals surface area contributed by atoms with E-state index in [2.05, 4.69) is 31.2 Å². The molecule has 0 radical (unpaired) electrons. The molecule has 2 heterocycles. The summed E-state index contributed by atoms with van der Waals surface area (Å²) in [7, 11) is 0. The Kier molecular flexibility index (Phi) is 13.9. The maximum Gasteiger partial charge on any atom is 0.289 e. The largest absolute Gasteiger partial charge is 0.347 e. The normalized spacial score (nSPS) is 19.9. The quantitative estimate of drug-likeness (QED) is 0.199. The van der Waals surface area contributed by atoms with Gasteiger partial charge in [-0.25, -0.2) is 4.98 Å². The Morgan fingerprint density at radius 2 is 1.61 bits per heavy atom. The smallest absolute Gasteiger partial charge is 0.289 e. The van der Waals surface area contributed by atoms with Crippen molar-refractivity contribution in [3.05, 3.63) is 60.2 Å².